The summed E-state index contributed by atoms with van der Waals surface area (Å²) in [6, 6.07) is 4.24. The van der Waals surface area contributed by atoms with Crippen molar-refractivity contribution >= 4 is 17.7 Å². The first-order chi connectivity index (χ1) is 14.6. The molecule has 6 nitrogen and oxygen atoms in total. The molecule has 2 aliphatic heterocycles. The van der Waals surface area contributed by atoms with Gasteiger partial charge in [0.05, 0.1) is 12.1 Å². The Balaban J connectivity index is 1.34. The number of piperazine rings is 1. The van der Waals surface area contributed by atoms with E-state index in [9.17, 15) is 14.0 Å². The Morgan fingerprint density at radius 1 is 1.13 bits per heavy atom. The van der Waals surface area contributed by atoms with Crippen molar-refractivity contribution in [2.75, 3.05) is 31.1 Å². The van der Waals surface area contributed by atoms with Gasteiger partial charge in [-0.2, -0.15) is 0 Å². The Bertz CT molecular complexity index is 849. The zero-order valence-electron chi connectivity index (χ0n) is 18.4. The highest BCUT2D eigenvalue weighted by Crippen LogP contribution is 2.38. The Morgan fingerprint density at radius 3 is 2.48 bits per heavy atom. The Kier molecular flexibility index (Phi) is 5.94. The van der Waals surface area contributed by atoms with Crippen LogP contribution in [-0.2, 0) is 16.0 Å². The molecule has 1 saturated heterocycles. The third kappa shape index (κ3) is 4.54. The van der Waals surface area contributed by atoms with Crippen molar-refractivity contribution in [3.63, 3.8) is 0 Å². The number of ether oxygens (including phenoxy) is 1. The second-order valence-corrected chi connectivity index (χ2v) is 9.73. The predicted octanol–water partition coefficient (Wildman–Crippen LogP) is 3.53. The summed E-state index contributed by atoms with van der Waals surface area (Å²) in [5.41, 5.74) is 0.473. The van der Waals surface area contributed by atoms with Crippen molar-refractivity contribution in [2.24, 2.45) is 0 Å². The lowest BCUT2D eigenvalue weighted by atomic mass is 9.87. The van der Waals surface area contributed by atoms with Gasteiger partial charge < -0.3 is 14.5 Å². The number of hydrogen-bond donors (Lipinski definition) is 0. The molecule has 0 spiro atoms. The Labute approximate surface area is 182 Å². The average molecular weight is 436 g/mol. The molecule has 1 aliphatic carbocycles. The van der Waals surface area contributed by atoms with Gasteiger partial charge >= 0.3 is 6.09 Å². The quantitative estimate of drug-likeness (QED) is 0.713. The van der Waals surface area contributed by atoms with Crippen LogP contribution in [0.25, 0.3) is 0 Å². The molecule has 170 valence electrons. The molecular formula is C23H31F2N3O3. The average Bonchev–Trinajstić information content (AvgIpc) is 3.04. The normalized spacial score (nSPS) is 27.4. The number of anilines is 1. The second-order valence-electron chi connectivity index (χ2n) is 9.73. The zero-order chi connectivity index (χ0) is 22.3. The van der Waals surface area contributed by atoms with Crippen LogP contribution in [0.4, 0.5) is 19.3 Å². The summed E-state index contributed by atoms with van der Waals surface area (Å²) in [6.45, 7) is 7.75. The monoisotopic (exact) mass is 435 g/mol. The van der Waals surface area contributed by atoms with Gasteiger partial charge in [-0.25, -0.2) is 13.6 Å². The fraction of sp³-hybridized carbons (Fsp3) is 0.652. The van der Waals surface area contributed by atoms with Gasteiger partial charge in [-0.15, -0.1) is 0 Å². The first-order valence-electron chi connectivity index (χ1n) is 11.1. The molecule has 3 aliphatic rings. The van der Waals surface area contributed by atoms with E-state index in [2.05, 4.69) is 4.90 Å². The van der Waals surface area contributed by atoms with Crippen LogP contribution < -0.4 is 4.90 Å². The van der Waals surface area contributed by atoms with E-state index < -0.39 is 11.8 Å². The molecule has 1 saturated carbocycles. The summed E-state index contributed by atoms with van der Waals surface area (Å²) in [5.74, 6) is -0.525. The summed E-state index contributed by atoms with van der Waals surface area (Å²) in [7, 11) is 0. The molecule has 2 fully saturated rings. The van der Waals surface area contributed by atoms with Gasteiger partial charge in [0.2, 0.25) is 5.91 Å². The molecule has 2 amide bonds. The number of alkyl halides is 1. The lowest BCUT2D eigenvalue weighted by Gasteiger charge is -2.44. The molecule has 3 atom stereocenters. The highest BCUT2D eigenvalue weighted by Gasteiger charge is 2.42. The van der Waals surface area contributed by atoms with Crippen molar-refractivity contribution in [1.82, 2.24) is 9.80 Å². The van der Waals surface area contributed by atoms with Crippen molar-refractivity contribution in [3.8, 4) is 0 Å². The number of carbonyl (C=O) groups is 2. The second kappa shape index (κ2) is 8.37. The molecular weight excluding hydrogens is 404 g/mol. The van der Waals surface area contributed by atoms with E-state index in [0.29, 0.717) is 50.3 Å². The number of halogens is 2. The maximum Gasteiger partial charge on any atom is 0.410 e. The number of rotatable bonds is 2. The third-order valence-electron chi connectivity index (χ3n) is 6.46. The standard InChI is InChI=1S/C23H31F2N3O3/c1-23(2,3)31-22(30)27-11-9-26(10-12-27)20-8-7-15(13-18(20)25)28-19-6-4-5-17(24)16(19)14-21(28)29/h4-6,15,18,20H,7-14H2,1-3H3/t15-,18-,20-/m1/s1. The number of hydrogen-bond acceptors (Lipinski definition) is 4. The molecule has 4 rings (SSSR count). The van der Waals surface area contributed by atoms with E-state index in [1.807, 2.05) is 20.8 Å². The number of benzene rings is 1. The minimum atomic E-state index is -1.07. The van der Waals surface area contributed by atoms with E-state index in [0.717, 1.165) is 0 Å². The van der Waals surface area contributed by atoms with E-state index >= 15 is 4.39 Å². The Morgan fingerprint density at radius 2 is 1.84 bits per heavy atom. The minimum Gasteiger partial charge on any atom is -0.444 e. The topological polar surface area (TPSA) is 53.1 Å². The fourth-order valence-electron chi connectivity index (χ4n) is 5.01. The highest BCUT2D eigenvalue weighted by molar-refractivity contribution is 6.02. The van der Waals surface area contributed by atoms with E-state index in [1.54, 1.807) is 21.9 Å². The van der Waals surface area contributed by atoms with Crippen molar-refractivity contribution in [1.29, 1.82) is 0 Å². The molecule has 8 heteroatoms. The Hall–Kier alpha value is -2.22. The van der Waals surface area contributed by atoms with E-state index in [4.69, 9.17) is 4.74 Å². The number of carbonyl (C=O) groups excluding carboxylic acids is 2. The molecule has 0 N–H and O–H groups in total. The third-order valence-corrected chi connectivity index (χ3v) is 6.46. The lowest BCUT2D eigenvalue weighted by molar-refractivity contribution is -0.118. The molecule has 1 aromatic rings. The molecule has 0 radical (unpaired) electrons. The summed E-state index contributed by atoms with van der Waals surface area (Å²) in [5, 5.41) is 0. The van der Waals surface area contributed by atoms with Crippen LogP contribution in [0.5, 0.6) is 0 Å². The molecule has 31 heavy (non-hydrogen) atoms. The highest BCUT2D eigenvalue weighted by atomic mass is 19.1. The van der Waals surface area contributed by atoms with Crippen LogP contribution >= 0.6 is 0 Å². The zero-order valence-corrected chi connectivity index (χ0v) is 18.4. The smallest absolute Gasteiger partial charge is 0.410 e. The largest absolute Gasteiger partial charge is 0.444 e. The lowest BCUT2D eigenvalue weighted by Crippen LogP contribution is -2.57. The summed E-state index contributed by atoms with van der Waals surface area (Å²) in [6.07, 6.45) is 0.207. The summed E-state index contributed by atoms with van der Waals surface area (Å²) in [4.78, 5) is 30.2. The summed E-state index contributed by atoms with van der Waals surface area (Å²) >= 11 is 0. The van der Waals surface area contributed by atoms with Crippen molar-refractivity contribution in [2.45, 2.75) is 70.3 Å². The van der Waals surface area contributed by atoms with Gasteiger partial charge in [-0.3, -0.25) is 9.69 Å². The molecule has 0 bridgehead atoms. The van der Waals surface area contributed by atoms with Crippen molar-refractivity contribution in [3.05, 3.63) is 29.6 Å². The number of nitrogens with zero attached hydrogens (tertiary/aromatic N) is 3. The number of fused-ring (bicyclic) bond motifs is 1. The predicted molar refractivity (Wildman–Crippen MR) is 113 cm³/mol. The maximum atomic E-state index is 15.2. The van der Waals surface area contributed by atoms with Crippen LogP contribution in [0.1, 0.15) is 45.6 Å². The molecule has 1 aromatic carbocycles. The van der Waals surface area contributed by atoms with Gasteiger partial charge in [0.25, 0.3) is 0 Å². The van der Waals surface area contributed by atoms with Crippen LogP contribution in [-0.4, -0.2) is 71.8 Å². The molecule has 2 heterocycles. The van der Waals surface area contributed by atoms with Crippen LogP contribution in [0.15, 0.2) is 18.2 Å². The first kappa shape index (κ1) is 22.0. The van der Waals surface area contributed by atoms with Crippen LogP contribution in [0, 0.1) is 5.82 Å². The minimum absolute atomic E-state index is 0.0471. The van der Waals surface area contributed by atoms with Gasteiger partial charge in [0.15, 0.2) is 0 Å². The maximum absolute atomic E-state index is 15.2. The molecule has 0 aromatic heterocycles. The summed E-state index contributed by atoms with van der Waals surface area (Å²) < 4.78 is 34.7. The van der Waals surface area contributed by atoms with Gasteiger partial charge in [0.1, 0.15) is 17.6 Å². The number of amides is 2. The van der Waals surface area contributed by atoms with E-state index in [1.165, 1.54) is 6.07 Å². The SMILES string of the molecule is CC(C)(C)OC(=O)N1CCN([C@@H]2CC[C@@H](N3C(=O)Cc4c(F)cccc43)C[C@H]2F)CC1. The molecule has 0 unspecified atom stereocenters. The fourth-order valence-corrected chi connectivity index (χ4v) is 5.01. The van der Waals surface area contributed by atoms with Crippen LogP contribution in [0.2, 0.25) is 0 Å². The van der Waals surface area contributed by atoms with Crippen molar-refractivity contribution < 1.29 is 23.1 Å². The van der Waals surface area contributed by atoms with Gasteiger partial charge in [-0.05, 0) is 45.7 Å². The van der Waals surface area contributed by atoms with Gasteiger partial charge in [0, 0.05) is 50.2 Å². The van der Waals surface area contributed by atoms with Crippen LogP contribution in [0.3, 0.4) is 0 Å². The van der Waals surface area contributed by atoms with Gasteiger partial charge in [-0.1, -0.05) is 6.07 Å². The van der Waals surface area contributed by atoms with E-state index in [-0.39, 0.29) is 42.7 Å². The first-order valence-corrected chi connectivity index (χ1v) is 11.1.